The van der Waals surface area contributed by atoms with Crippen LogP contribution in [-0.2, 0) is 55.4 Å². The SMILES string of the molecule is [Cu].[Mn+2].[O]=[Cr](=[O])([O-])[O-]. The summed E-state index contributed by atoms with van der Waals surface area (Å²) in [6.07, 6.45) is 0. The Hall–Kier alpha value is 1.09. The van der Waals surface area contributed by atoms with Crippen LogP contribution in [0.5, 0.6) is 0 Å². The van der Waals surface area contributed by atoms with E-state index in [0.717, 1.165) is 0 Å². The van der Waals surface area contributed by atoms with E-state index in [2.05, 4.69) is 0 Å². The average molecular weight is 234 g/mol. The van der Waals surface area contributed by atoms with E-state index < -0.39 is 13.6 Å². The first kappa shape index (κ1) is 15.7. The van der Waals surface area contributed by atoms with Gasteiger partial charge in [-0.2, -0.15) is 0 Å². The summed E-state index contributed by atoms with van der Waals surface area (Å²) < 4.78 is 34.4. The van der Waals surface area contributed by atoms with E-state index in [1.54, 1.807) is 0 Å². The molecule has 0 saturated heterocycles. The van der Waals surface area contributed by atoms with Crippen LogP contribution in [0.15, 0.2) is 0 Å². The van der Waals surface area contributed by atoms with E-state index in [-0.39, 0.29) is 34.1 Å². The molecule has 0 aliphatic carbocycles. The first-order chi connectivity index (χ1) is 2.00. The zero-order valence-corrected chi connectivity index (χ0v) is 6.12. The zero-order valence-electron chi connectivity index (χ0n) is 2.72. The molecule has 0 N–H and O–H groups in total. The van der Waals surface area contributed by atoms with Crippen molar-refractivity contribution in [2.45, 2.75) is 0 Å². The minimum atomic E-state index is -5.75. The molecule has 0 fully saturated rings. The van der Waals surface area contributed by atoms with Gasteiger partial charge in [-0.05, 0) is 0 Å². The third kappa shape index (κ3) is 154. The van der Waals surface area contributed by atoms with Crippen molar-refractivity contribution in [2.75, 3.05) is 0 Å². The van der Waals surface area contributed by atoms with E-state index in [1.807, 2.05) is 0 Å². The Morgan fingerprint density at radius 3 is 1.14 bits per heavy atom. The van der Waals surface area contributed by atoms with Gasteiger partial charge in [0.25, 0.3) is 0 Å². The standard InChI is InChI=1S/Cr.Cu.Mn.4O/q;;+2;;;2*-1. The van der Waals surface area contributed by atoms with Gasteiger partial charge >= 0.3 is 46.6 Å². The van der Waals surface area contributed by atoms with E-state index >= 15 is 0 Å². The molecule has 0 atom stereocenters. The Balaban J connectivity index is -0.0000000800. The predicted octanol–water partition coefficient (Wildman–Crippen LogP) is -2.62. The van der Waals surface area contributed by atoms with Crippen LogP contribution in [-0.4, -0.2) is 0 Å². The molecule has 0 spiro atoms. The van der Waals surface area contributed by atoms with E-state index in [0.29, 0.717) is 0 Å². The summed E-state index contributed by atoms with van der Waals surface area (Å²) in [6, 6.07) is 0. The molecule has 0 bridgehead atoms. The van der Waals surface area contributed by atoms with Crippen LogP contribution in [0.1, 0.15) is 0 Å². The normalized spacial score (nSPS) is 8.29. The predicted molar refractivity (Wildman–Crippen MR) is 1.37 cm³/mol. The van der Waals surface area contributed by atoms with Gasteiger partial charge in [-0.3, -0.25) is 0 Å². The van der Waals surface area contributed by atoms with Crippen LogP contribution in [0, 0.1) is 0 Å². The molecule has 48 valence electrons. The van der Waals surface area contributed by atoms with Crippen molar-refractivity contribution >= 4 is 0 Å². The van der Waals surface area contributed by atoms with Gasteiger partial charge in [-0.1, -0.05) is 0 Å². The molecule has 7 heteroatoms. The molecule has 0 aliphatic rings. The van der Waals surface area contributed by atoms with Gasteiger partial charge in [-0.25, -0.2) is 0 Å². The van der Waals surface area contributed by atoms with E-state index in [4.69, 9.17) is 15.9 Å². The Morgan fingerprint density at radius 2 is 1.14 bits per heavy atom. The molecular formula is CrCuMnO4. The van der Waals surface area contributed by atoms with Crippen molar-refractivity contribution in [3.05, 3.63) is 0 Å². The molecule has 0 amide bonds. The van der Waals surface area contributed by atoms with Crippen molar-refractivity contribution in [2.24, 2.45) is 0 Å². The van der Waals surface area contributed by atoms with Crippen molar-refractivity contribution in [3.63, 3.8) is 0 Å². The number of hydrogen-bond acceptors (Lipinski definition) is 4. The van der Waals surface area contributed by atoms with Crippen LogP contribution >= 0.6 is 0 Å². The minimum absolute atomic E-state index is 0. The summed E-state index contributed by atoms with van der Waals surface area (Å²) in [5.74, 6) is 0. The summed E-state index contributed by atoms with van der Waals surface area (Å²) >= 11 is -5.75. The topological polar surface area (TPSA) is 80.3 Å². The van der Waals surface area contributed by atoms with Crippen molar-refractivity contribution in [1.29, 1.82) is 0 Å². The van der Waals surface area contributed by atoms with Gasteiger partial charge in [0.05, 0.1) is 0 Å². The van der Waals surface area contributed by atoms with Crippen molar-refractivity contribution in [3.8, 4) is 0 Å². The zero-order chi connectivity index (χ0) is 4.50. The van der Waals surface area contributed by atoms with Crippen LogP contribution < -0.4 is 8.32 Å². The summed E-state index contributed by atoms with van der Waals surface area (Å²) in [5.41, 5.74) is 0. The first-order valence-corrected chi connectivity index (χ1v) is 2.75. The number of rotatable bonds is 0. The fraction of sp³-hybridized carbons (Fsp3) is 0. The van der Waals surface area contributed by atoms with E-state index in [1.165, 1.54) is 0 Å². The van der Waals surface area contributed by atoms with Gasteiger partial charge in [0, 0.05) is 17.1 Å². The van der Waals surface area contributed by atoms with Crippen molar-refractivity contribution < 1.29 is 63.7 Å². The molecule has 0 aliphatic heterocycles. The fourth-order valence-electron chi connectivity index (χ4n) is 0. The van der Waals surface area contributed by atoms with Gasteiger partial charge in [-0.15, -0.1) is 0 Å². The molecule has 0 aromatic carbocycles. The Morgan fingerprint density at radius 1 is 1.14 bits per heavy atom. The van der Waals surface area contributed by atoms with Gasteiger partial charge in [0.15, 0.2) is 0 Å². The summed E-state index contributed by atoms with van der Waals surface area (Å²) in [4.78, 5) is 0. The second-order valence-electron chi connectivity index (χ2n) is 0.408. The maximum absolute atomic E-state index is 8.59. The van der Waals surface area contributed by atoms with Crippen LogP contribution in [0.2, 0.25) is 0 Å². The van der Waals surface area contributed by atoms with Crippen molar-refractivity contribution in [1.82, 2.24) is 0 Å². The Labute approximate surface area is 63.6 Å². The monoisotopic (exact) mass is 234 g/mol. The molecule has 0 aromatic heterocycles. The maximum atomic E-state index is 8.59. The van der Waals surface area contributed by atoms with Crippen LogP contribution in [0.3, 0.4) is 0 Å². The Bertz CT molecular complexity index is 94.9. The molecule has 2 radical (unpaired) electrons. The fourth-order valence-corrected chi connectivity index (χ4v) is 0. The molecule has 0 unspecified atom stereocenters. The number of hydrogen-bond donors (Lipinski definition) is 0. The van der Waals surface area contributed by atoms with E-state index in [9.17, 15) is 0 Å². The van der Waals surface area contributed by atoms with Gasteiger partial charge in [0.1, 0.15) is 0 Å². The molecule has 0 saturated carbocycles. The molecule has 0 aromatic rings. The summed E-state index contributed by atoms with van der Waals surface area (Å²) in [6.45, 7) is 0. The molecule has 0 heterocycles. The second-order valence-corrected chi connectivity index (χ2v) is 1.68. The molecule has 0 rings (SSSR count). The summed E-state index contributed by atoms with van der Waals surface area (Å²) in [7, 11) is 0. The Kier molecular flexibility index (Phi) is 11.7. The molecule has 7 heavy (non-hydrogen) atoms. The quantitative estimate of drug-likeness (QED) is 0.430. The summed E-state index contributed by atoms with van der Waals surface area (Å²) in [5, 5.41) is 0. The van der Waals surface area contributed by atoms with Gasteiger partial charge < -0.3 is 0 Å². The third-order valence-electron chi connectivity index (χ3n) is 0. The van der Waals surface area contributed by atoms with Crippen LogP contribution in [0.25, 0.3) is 0 Å². The first-order valence-electron chi connectivity index (χ1n) is 0.667. The second kappa shape index (κ2) is 5.23. The van der Waals surface area contributed by atoms with Gasteiger partial charge in [0.2, 0.25) is 0 Å². The average Bonchev–Trinajstić information content (AvgIpc) is 0.722. The molecular weight excluding hydrogens is 234 g/mol. The third-order valence-corrected chi connectivity index (χ3v) is 0. The molecule has 4 nitrogen and oxygen atoms in total. The van der Waals surface area contributed by atoms with Crippen LogP contribution in [0.4, 0.5) is 0 Å².